The van der Waals surface area contributed by atoms with Crippen molar-refractivity contribution in [3.05, 3.63) is 59.2 Å². The molecule has 1 heterocycles. The summed E-state index contributed by atoms with van der Waals surface area (Å²) in [5.74, 6) is 0.142. The quantitative estimate of drug-likeness (QED) is 0.579. The first-order valence-electron chi connectivity index (χ1n) is 9.42. The molecule has 0 aliphatic heterocycles. The number of carbonyl (C=O) groups is 1. The van der Waals surface area contributed by atoms with E-state index in [1.54, 1.807) is 18.2 Å². The van der Waals surface area contributed by atoms with Crippen LogP contribution >= 0.6 is 11.8 Å². The molecule has 3 rings (SSSR count). The molecule has 1 aromatic heterocycles. The molecular formula is C22H25N3O3S2. The van der Waals surface area contributed by atoms with Crippen LogP contribution in [0.15, 0.2) is 52.4 Å². The van der Waals surface area contributed by atoms with Gasteiger partial charge < -0.3 is 5.32 Å². The maximum absolute atomic E-state index is 12.4. The number of carbonyl (C=O) groups excluding carboxylic acids is 1. The van der Waals surface area contributed by atoms with E-state index in [2.05, 4.69) is 10.3 Å². The highest BCUT2D eigenvalue weighted by Crippen LogP contribution is 2.27. The SMILES string of the molecule is Cc1cccc(C)c1NC(=O)CSc1cc(C)c2cc(S(=O)(=O)N(C)C)ccc2n1. The van der Waals surface area contributed by atoms with Gasteiger partial charge in [-0.25, -0.2) is 17.7 Å². The van der Waals surface area contributed by atoms with E-state index < -0.39 is 10.0 Å². The summed E-state index contributed by atoms with van der Waals surface area (Å²) in [4.78, 5) is 17.3. The number of hydrogen-bond acceptors (Lipinski definition) is 5. The maximum Gasteiger partial charge on any atom is 0.242 e. The number of nitrogens with one attached hydrogen (secondary N) is 1. The molecule has 0 aliphatic rings. The fourth-order valence-corrected chi connectivity index (χ4v) is 4.82. The predicted molar refractivity (Wildman–Crippen MR) is 123 cm³/mol. The molecule has 0 spiro atoms. The van der Waals surface area contributed by atoms with E-state index in [9.17, 15) is 13.2 Å². The van der Waals surface area contributed by atoms with Crippen molar-refractivity contribution in [3.8, 4) is 0 Å². The number of benzene rings is 2. The van der Waals surface area contributed by atoms with Crippen LogP contribution in [0.25, 0.3) is 10.9 Å². The molecular weight excluding hydrogens is 418 g/mol. The molecule has 0 atom stereocenters. The zero-order chi connectivity index (χ0) is 22.1. The second-order valence-electron chi connectivity index (χ2n) is 7.35. The van der Waals surface area contributed by atoms with E-state index in [0.29, 0.717) is 5.52 Å². The van der Waals surface area contributed by atoms with Crippen molar-refractivity contribution < 1.29 is 13.2 Å². The normalized spacial score (nSPS) is 11.8. The van der Waals surface area contributed by atoms with E-state index in [-0.39, 0.29) is 16.6 Å². The third-order valence-corrected chi connectivity index (χ3v) is 7.56. The van der Waals surface area contributed by atoms with Gasteiger partial charge in [0.05, 0.1) is 21.2 Å². The van der Waals surface area contributed by atoms with Crippen LogP contribution in [0.1, 0.15) is 16.7 Å². The molecule has 0 unspecified atom stereocenters. The van der Waals surface area contributed by atoms with Gasteiger partial charge in [-0.2, -0.15) is 0 Å². The number of pyridine rings is 1. The van der Waals surface area contributed by atoms with Crippen molar-refractivity contribution in [2.24, 2.45) is 0 Å². The molecule has 0 radical (unpaired) electrons. The topological polar surface area (TPSA) is 79.4 Å². The number of amides is 1. The van der Waals surface area contributed by atoms with Gasteiger partial charge in [0.25, 0.3) is 0 Å². The first-order valence-corrected chi connectivity index (χ1v) is 11.8. The molecule has 6 nitrogen and oxygen atoms in total. The van der Waals surface area contributed by atoms with E-state index in [1.165, 1.54) is 30.2 Å². The smallest absolute Gasteiger partial charge is 0.242 e. The highest BCUT2D eigenvalue weighted by molar-refractivity contribution is 7.99. The number of para-hydroxylation sites is 1. The minimum atomic E-state index is -3.51. The lowest BCUT2D eigenvalue weighted by molar-refractivity contribution is -0.113. The molecule has 158 valence electrons. The standard InChI is InChI=1S/C22H25N3O3S2/c1-14-7-6-8-15(2)22(14)24-20(26)13-29-21-11-16(3)18-12-17(9-10-19(18)23-21)30(27,28)25(4)5/h6-12H,13H2,1-5H3,(H,24,26). The van der Waals surface area contributed by atoms with Crippen LogP contribution in [0.2, 0.25) is 0 Å². The Kier molecular flexibility index (Phi) is 6.50. The first kappa shape index (κ1) is 22.3. The monoisotopic (exact) mass is 443 g/mol. The number of aryl methyl sites for hydroxylation is 3. The molecule has 1 amide bonds. The van der Waals surface area contributed by atoms with Crippen LogP contribution in [0.5, 0.6) is 0 Å². The van der Waals surface area contributed by atoms with Crippen molar-refractivity contribution in [2.45, 2.75) is 30.7 Å². The number of anilines is 1. The van der Waals surface area contributed by atoms with Crippen LogP contribution in [0, 0.1) is 20.8 Å². The molecule has 30 heavy (non-hydrogen) atoms. The van der Waals surface area contributed by atoms with Crippen LogP contribution in [0.3, 0.4) is 0 Å². The van der Waals surface area contributed by atoms with Crippen molar-refractivity contribution in [2.75, 3.05) is 25.2 Å². The fourth-order valence-electron chi connectivity index (χ4n) is 3.11. The zero-order valence-electron chi connectivity index (χ0n) is 17.7. The Balaban J connectivity index is 1.78. The van der Waals surface area contributed by atoms with Crippen molar-refractivity contribution in [1.29, 1.82) is 0 Å². The number of hydrogen-bond donors (Lipinski definition) is 1. The number of fused-ring (bicyclic) bond motifs is 1. The summed E-state index contributed by atoms with van der Waals surface area (Å²) in [6, 6.07) is 12.7. The van der Waals surface area contributed by atoms with Gasteiger partial charge >= 0.3 is 0 Å². The summed E-state index contributed by atoms with van der Waals surface area (Å²) in [5, 5.41) is 4.48. The van der Waals surface area contributed by atoms with Gasteiger partial charge in [-0.15, -0.1) is 0 Å². The van der Waals surface area contributed by atoms with Gasteiger partial charge in [-0.3, -0.25) is 4.79 Å². The van der Waals surface area contributed by atoms with Crippen LogP contribution in [-0.2, 0) is 14.8 Å². The molecule has 1 N–H and O–H groups in total. The Morgan fingerprint density at radius 2 is 1.70 bits per heavy atom. The lowest BCUT2D eigenvalue weighted by Crippen LogP contribution is -2.22. The number of nitrogens with zero attached hydrogens (tertiary/aromatic N) is 2. The van der Waals surface area contributed by atoms with Crippen LogP contribution in [0.4, 0.5) is 5.69 Å². The molecule has 0 saturated carbocycles. The Morgan fingerprint density at radius 3 is 2.33 bits per heavy atom. The molecule has 8 heteroatoms. The first-order chi connectivity index (χ1) is 14.1. The molecule has 0 saturated heterocycles. The Morgan fingerprint density at radius 1 is 1.03 bits per heavy atom. The van der Waals surface area contributed by atoms with Gasteiger partial charge in [-0.1, -0.05) is 30.0 Å². The van der Waals surface area contributed by atoms with E-state index in [1.807, 2.05) is 45.0 Å². The molecule has 2 aromatic carbocycles. The lowest BCUT2D eigenvalue weighted by atomic mass is 10.1. The van der Waals surface area contributed by atoms with E-state index >= 15 is 0 Å². The van der Waals surface area contributed by atoms with Crippen LogP contribution < -0.4 is 5.32 Å². The minimum absolute atomic E-state index is 0.0932. The lowest BCUT2D eigenvalue weighted by Gasteiger charge is -2.13. The second kappa shape index (κ2) is 8.75. The summed E-state index contributed by atoms with van der Waals surface area (Å²) in [7, 11) is -0.491. The fraction of sp³-hybridized carbons (Fsp3) is 0.273. The summed E-state index contributed by atoms with van der Waals surface area (Å²) in [6.45, 7) is 5.85. The van der Waals surface area contributed by atoms with Crippen molar-refractivity contribution >= 4 is 44.3 Å². The average molecular weight is 444 g/mol. The largest absolute Gasteiger partial charge is 0.325 e. The number of rotatable bonds is 6. The van der Waals surface area contributed by atoms with Crippen LogP contribution in [-0.4, -0.2) is 43.5 Å². The van der Waals surface area contributed by atoms with Crippen molar-refractivity contribution in [3.63, 3.8) is 0 Å². The number of thioether (sulfide) groups is 1. The Hall–Kier alpha value is -2.42. The van der Waals surface area contributed by atoms with Gasteiger partial charge in [0.1, 0.15) is 0 Å². The van der Waals surface area contributed by atoms with Crippen molar-refractivity contribution in [1.82, 2.24) is 9.29 Å². The number of sulfonamides is 1. The zero-order valence-corrected chi connectivity index (χ0v) is 19.3. The summed E-state index contributed by atoms with van der Waals surface area (Å²) < 4.78 is 26.0. The summed E-state index contributed by atoms with van der Waals surface area (Å²) in [5.41, 5.74) is 4.51. The molecule has 0 aliphatic carbocycles. The Bertz CT molecular complexity index is 1200. The highest BCUT2D eigenvalue weighted by Gasteiger charge is 2.18. The second-order valence-corrected chi connectivity index (χ2v) is 10.5. The van der Waals surface area contributed by atoms with Gasteiger partial charge in [0, 0.05) is 25.2 Å². The summed E-state index contributed by atoms with van der Waals surface area (Å²) in [6.07, 6.45) is 0. The minimum Gasteiger partial charge on any atom is -0.325 e. The average Bonchev–Trinajstić information content (AvgIpc) is 2.69. The molecule has 0 fully saturated rings. The highest BCUT2D eigenvalue weighted by atomic mass is 32.2. The van der Waals surface area contributed by atoms with Gasteiger partial charge in [-0.05, 0) is 61.7 Å². The maximum atomic E-state index is 12.4. The third-order valence-electron chi connectivity index (χ3n) is 4.84. The van der Waals surface area contributed by atoms with Gasteiger partial charge in [0.2, 0.25) is 15.9 Å². The molecule has 0 bridgehead atoms. The van der Waals surface area contributed by atoms with E-state index in [0.717, 1.165) is 32.8 Å². The van der Waals surface area contributed by atoms with Gasteiger partial charge in [0.15, 0.2) is 0 Å². The molecule has 3 aromatic rings. The van der Waals surface area contributed by atoms with E-state index in [4.69, 9.17) is 0 Å². The summed E-state index contributed by atoms with van der Waals surface area (Å²) >= 11 is 1.35. The Labute approximate surface area is 181 Å². The third kappa shape index (κ3) is 4.66. The number of aromatic nitrogens is 1. The predicted octanol–water partition coefficient (Wildman–Crippen LogP) is 4.14.